The largest absolute Gasteiger partial charge is 0.399 e. The van der Waals surface area contributed by atoms with Crippen molar-refractivity contribution in [1.82, 2.24) is 10.2 Å². The molecule has 4 nitrogen and oxygen atoms in total. The minimum atomic E-state index is -0.115. The summed E-state index contributed by atoms with van der Waals surface area (Å²) in [6.45, 7) is 0.658. The Morgan fingerprint density at radius 2 is 1.95 bits per heavy atom. The Hall–Kier alpha value is -1.26. The highest BCUT2D eigenvalue weighted by molar-refractivity contribution is 6.31. The van der Waals surface area contributed by atoms with E-state index in [1.165, 1.54) is 19.3 Å². The van der Waals surface area contributed by atoms with E-state index in [1.807, 2.05) is 0 Å². The van der Waals surface area contributed by atoms with Gasteiger partial charge in [0.25, 0.3) is 5.91 Å². The molecule has 1 aromatic rings. The van der Waals surface area contributed by atoms with Crippen LogP contribution in [-0.4, -0.2) is 37.0 Å². The predicted octanol–water partition coefficient (Wildman–Crippen LogP) is 2.92. The molecule has 3 N–H and O–H groups in total. The number of halogens is 1. The molecular formula is C16H24ClN3O. The first-order chi connectivity index (χ1) is 9.93. The third kappa shape index (κ3) is 3.89. The van der Waals surface area contributed by atoms with Gasteiger partial charge in [-0.1, -0.05) is 30.9 Å². The fourth-order valence-electron chi connectivity index (χ4n) is 3.08. The molecule has 116 valence electrons. The summed E-state index contributed by atoms with van der Waals surface area (Å²) < 4.78 is 0. The zero-order chi connectivity index (χ0) is 15.5. The van der Waals surface area contributed by atoms with E-state index in [1.54, 1.807) is 18.2 Å². The van der Waals surface area contributed by atoms with Crippen LogP contribution in [0.2, 0.25) is 5.02 Å². The van der Waals surface area contributed by atoms with Crippen LogP contribution >= 0.6 is 11.6 Å². The van der Waals surface area contributed by atoms with Gasteiger partial charge in [-0.2, -0.15) is 0 Å². The van der Waals surface area contributed by atoms with Gasteiger partial charge in [0.2, 0.25) is 0 Å². The average molecular weight is 310 g/mol. The molecule has 0 unspecified atom stereocenters. The molecule has 0 bridgehead atoms. The summed E-state index contributed by atoms with van der Waals surface area (Å²) in [4.78, 5) is 14.6. The number of hydrogen-bond acceptors (Lipinski definition) is 3. The van der Waals surface area contributed by atoms with Crippen LogP contribution in [0.1, 0.15) is 42.5 Å². The maximum absolute atomic E-state index is 12.3. The molecule has 0 aliphatic heterocycles. The Bertz CT molecular complexity index is 490. The van der Waals surface area contributed by atoms with Crippen molar-refractivity contribution in [3.8, 4) is 0 Å². The molecule has 5 heteroatoms. The number of nitrogens with one attached hydrogen (secondary N) is 1. The van der Waals surface area contributed by atoms with Crippen LogP contribution in [0.15, 0.2) is 18.2 Å². The van der Waals surface area contributed by atoms with Gasteiger partial charge in [-0.15, -0.1) is 0 Å². The van der Waals surface area contributed by atoms with E-state index in [4.69, 9.17) is 17.3 Å². The van der Waals surface area contributed by atoms with E-state index in [0.717, 1.165) is 12.8 Å². The smallest absolute Gasteiger partial charge is 0.251 e. The zero-order valence-corrected chi connectivity index (χ0v) is 13.5. The highest BCUT2D eigenvalue weighted by atomic mass is 35.5. The number of nitrogens with zero attached hydrogens (tertiary/aromatic N) is 1. The van der Waals surface area contributed by atoms with Crippen LogP contribution < -0.4 is 11.1 Å². The van der Waals surface area contributed by atoms with Crippen molar-refractivity contribution in [3.63, 3.8) is 0 Å². The summed E-state index contributed by atoms with van der Waals surface area (Å²) in [5, 5.41) is 3.54. The molecule has 2 rings (SSSR count). The van der Waals surface area contributed by atoms with Crippen molar-refractivity contribution in [2.24, 2.45) is 0 Å². The lowest BCUT2D eigenvalue weighted by Gasteiger charge is -2.43. The number of rotatable bonds is 4. The molecule has 0 heterocycles. The first kappa shape index (κ1) is 16.1. The molecule has 1 aromatic carbocycles. The average Bonchev–Trinajstić information content (AvgIpc) is 2.44. The van der Waals surface area contributed by atoms with Crippen molar-refractivity contribution in [1.29, 1.82) is 0 Å². The van der Waals surface area contributed by atoms with Crippen LogP contribution in [0.25, 0.3) is 0 Å². The lowest BCUT2D eigenvalue weighted by molar-refractivity contribution is 0.0799. The minimum absolute atomic E-state index is 0.0675. The van der Waals surface area contributed by atoms with Crippen molar-refractivity contribution in [2.75, 3.05) is 26.4 Å². The molecule has 1 fully saturated rings. The van der Waals surface area contributed by atoms with Crippen molar-refractivity contribution in [2.45, 2.75) is 37.6 Å². The SMILES string of the molecule is CN(C)C1(CNC(=O)c2cc(N)cc(Cl)c2)CCCCC1. The van der Waals surface area contributed by atoms with Crippen LogP contribution in [0, 0.1) is 0 Å². The van der Waals surface area contributed by atoms with Crippen LogP contribution in [0.5, 0.6) is 0 Å². The van der Waals surface area contributed by atoms with Crippen LogP contribution in [-0.2, 0) is 0 Å². The van der Waals surface area contributed by atoms with E-state index >= 15 is 0 Å². The Morgan fingerprint density at radius 3 is 2.52 bits per heavy atom. The van der Waals surface area contributed by atoms with Gasteiger partial charge in [-0.05, 0) is 45.1 Å². The van der Waals surface area contributed by atoms with Gasteiger partial charge >= 0.3 is 0 Å². The highest BCUT2D eigenvalue weighted by Crippen LogP contribution is 2.31. The molecule has 0 spiro atoms. The second-order valence-electron chi connectivity index (χ2n) is 6.14. The van der Waals surface area contributed by atoms with E-state index in [9.17, 15) is 4.79 Å². The molecule has 0 saturated heterocycles. The number of likely N-dealkylation sites (N-methyl/N-ethyl adjacent to an activating group) is 1. The maximum atomic E-state index is 12.3. The molecule has 0 atom stereocenters. The minimum Gasteiger partial charge on any atom is -0.399 e. The summed E-state index contributed by atoms with van der Waals surface area (Å²) in [5.74, 6) is -0.115. The van der Waals surface area contributed by atoms with E-state index in [-0.39, 0.29) is 11.4 Å². The third-order valence-corrected chi connectivity index (χ3v) is 4.71. The lowest BCUT2D eigenvalue weighted by atomic mass is 9.80. The summed E-state index contributed by atoms with van der Waals surface area (Å²) in [7, 11) is 4.18. The number of nitrogens with two attached hydrogens (primary N) is 1. The van der Waals surface area contributed by atoms with Gasteiger partial charge in [-0.25, -0.2) is 0 Å². The standard InChI is InChI=1S/C16H24ClN3O/c1-20(2)16(6-4-3-5-7-16)11-19-15(21)12-8-13(17)10-14(18)9-12/h8-10H,3-7,11,18H2,1-2H3,(H,19,21). The Morgan fingerprint density at radius 1 is 1.29 bits per heavy atom. The normalized spacial score (nSPS) is 17.7. The number of nitrogen functional groups attached to an aromatic ring is 1. The molecule has 0 radical (unpaired) electrons. The topological polar surface area (TPSA) is 58.4 Å². The van der Waals surface area contributed by atoms with Gasteiger partial charge in [0.15, 0.2) is 0 Å². The quantitative estimate of drug-likeness (QED) is 0.841. The van der Waals surface area contributed by atoms with Gasteiger partial charge in [0, 0.05) is 28.4 Å². The predicted molar refractivity (Wildman–Crippen MR) is 87.7 cm³/mol. The van der Waals surface area contributed by atoms with Crippen LogP contribution in [0.3, 0.4) is 0 Å². The fraction of sp³-hybridized carbons (Fsp3) is 0.562. The number of carbonyl (C=O) groups is 1. The number of benzene rings is 1. The van der Waals surface area contributed by atoms with E-state index in [0.29, 0.717) is 22.8 Å². The van der Waals surface area contributed by atoms with Gasteiger partial charge in [0.1, 0.15) is 0 Å². The fourth-order valence-corrected chi connectivity index (χ4v) is 3.33. The van der Waals surface area contributed by atoms with Crippen LogP contribution in [0.4, 0.5) is 5.69 Å². The van der Waals surface area contributed by atoms with Gasteiger partial charge < -0.3 is 16.0 Å². The number of hydrogen-bond donors (Lipinski definition) is 2. The second-order valence-corrected chi connectivity index (χ2v) is 6.57. The Balaban J connectivity index is 2.05. The molecule has 1 amide bonds. The summed E-state index contributed by atoms with van der Waals surface area (Å²) in [6, 6.07) is 4.95. The summed E-state index contributed by atoms with van der Waals surface area (Å²) in [5.41, 5.74) is 6.83. The first-order valence-electron chi connectivity index (χ1n) is 7.45. The second kappa shape index (κ2) is 6.67. The summed E-state index contributed by atoms with van der Waals surface area (Å²) in [6.07, 6.45) is 5.97. The Kier molecular flexibility index (Phi) is 5.12. The van der Waals surface area contributed by atoms with Crippen molar-refractivity contribution < 1.29 is 4.79 Å². The Labute approximate surface area is 131 Å². The summed E-state index contributed by atoms with van der Waals surface area (Å²) >= 11 is 5.95. The van der Waals surface area contributed by atoms with Gasteiger partial charge in [0.05, 0.1) is 0 Å². The van der Waals surface area contributed by atoms with E-state index < -0.39 is 0 Å². The third-order valence-electron chi connectivity index (χ3n) is 4.49. The lowest BCUT2D eigenvalue weighted by Crippen LogP contribution is -2.53. The number of carbonyl (C=O) groups excluding carboxylic acids is 1. The molecular weight excluding hydrogens is 286 g/mol. The van der Waals surface area contributed by atoms with Crippen molar-refractivity contribution >= 4 is 23.2 Å². The zero-order valence-electron chi connectivity index (χ0n) is 12.8. The molecule has 1 aliphatic carbocycles. The maximum Gasteiger partial charge on any atom is 0.251 e. The van der Waals surface area contributed by atoms with Crippen molar-refractivity contribution in [3.05, 3.63) is 28.8 Å². The molecule has 21 heavy (non-hydrogen) atoms. The molecule has 1 saturated carbocycles. The first-order valence-corrected chi connectivity index (χ1v) is 7.82. The number of amides is 1. The molecule has 0 aromatic heterocycles. The monoisotopic (exact) mass is 309 g/mol. The van der Waals surface area contributed by atoms with Gasteiger partial charge in [-0.3, -0.25) is 4.79 Å². The molecule has 1 aliphatic rings. The number of anilines is 1. The van der Waals surface area contributed by atoms with E-state index in [2.05, 4.69) is 24.3 Å². The highest BCUT2D eigenvalue weighted by Gasteiger charge is 2.34.